The first kappa shape index (κ1) is 17.5. The Morgan fingerprint density at radius 2 is 2.13 bits per heavy atom. The van der Waals surface area contributed by atoms with Crippen LogP contribution < -0.4 is 10.6 Å². The van der Waals surface area contributed by atoms with E-state index in [-0.39, 0.29) is 18.2 Å². The molecular formula is C16H21ClN4O2. The molecule has 0 bridgehead atoms. The summed E-state index contributed by atoms with van der Waals surface area (Å²) in [7, 11) is 0. The monoisotopic (exact) mass is 336 g/mol. The number of amides is 2. The van der Waals surface area contributed by atoms with Crippen molar-refractivity contribution in [2.24, 2.45) is 0 Å². The van der Waals surface area contributed by atoms with Crippen molar-refractivity contribution in [2.45, 2.75) is 26.1 Å². The summed E-state index contributed by atoms with van der Waals surface area (Å²) in [5.41, 5.74) is 0.938. The van der Waals surface area contributed by atoms with Crippen molar-refractivity contribution in [3.8, 4) is 6.07 Å². The number of halogens is 1. The van der Waals surface area contributed by atoms with Crippen LogP contribution in [0.15, 0.2) is 18.2 Å². The highest BCUT2D eigenvalue weighted by atomic mass is 35.5. The van der Waals surface area contributed by atoms with Crippen molar-refractivity contribution in [3.63, 3.8) is 0 Å². The zero-order valence-corrected chi connectivity index (χ0v) is 14.1. The van der Waals surface area contributed by atoms with Gasteiger partial charge >= 0.3 is 6.03 Å². The molecule has 1 fully saturated rings. The molecule has 0 aromatic heterocycles. The van der Waals surface area contributed by atoms with Gasteiger partial charge in [0.1, 0.15) is 6.07 Å². The predicted molar refractivity (Wildman–Crippen MR) is 89.6 cm³/mol. The molecule has 0 spiro atoms. The second-order valence-electron chi connectivity index (χ2n) is 5.70. The van der Waals surface area contributed by atoms with E-state index in [1.54, 1.807) is 18.2 Å². The second kappa shape index (κ2) is 8.16. The normalized spacial score (nSPS) is 21.5. The third kappa shape index (κ3) is 5.39. The first-order chi connectivity index (χ1) is 11.0. The quantitative estimate of drug-likeness (QED) is 0.885. The van der Waals surface area contributed by atoms with Crippen LogP contribution in [0.3, 0.4) is 0 Å². The van der Waals surface area contributed by atoms with Crippen LogP contribution in [0.25, 0.3) is 0 Å². The fourth-order valence-corrected chi connectivity index (χ4v) is 2.88. The number of anilines is 1. The van der Waals surface area contributed by atoms with Crippen LogP contribution in [0.4, 0.5) is 10.5 Å². The summed E-state index contributed by atoms with van der Waals surface area (Å²) in [5, 5.41) is 14.7. The average Bonchev–Trinajstić information content (AvgIpc) is 2.46. The number of urea groups is 1. The molecule has 1 aliphatic rings. The Morgan fingerprint density at radius 1 is 1.43 bits per heavy atom. The molecule has 6 nitrogen and oxygen atoms in total. The van der Waals surface area contributed by atoms with Crippen LogP contribution in [-0.2, 0) is 4.74 Å². The molecule has 2 unspecified atom stereocenters. The molecule has 0 saturated carbocycles. The van der Waals surface area contributed by atoms with Gasteiger partial charge in [0, 0.05) is 31.9 Å². The van der Waals surface area contributed by atoms with E-state index >= 15 is 0 Å². The molecule has 1 aromatic rings. The smallest absolute Gasteiger partial charge is 0.319 e. The minimum absolute atomic E-state index is 0.216. The van der Waals surface area contributed by atoms with Gasteiger partial charge < -0.3 is 15.4 Å². The van der Waals surface area contributed by atoms with Crippen molar-refractivity contribution in [1.82, 2.24) is 10.2 Å². The highest BCUT2D eigenvalue weighted by Crippen LogP contribution is 2.20. The fraction of sp³-hybridized carbons (Fsp3) is 0.500. The molecule has 2 rings (SSSR count). The van der Waals surface area contributed by atoms with Crippen LogP contribution in [0.5, 0.6) is 0 Å². The Morgan fingerprint density at radius 3 is 2.74 bits per heavy atom. The van der Waals surface area contributed by atoms with Gasteiger partial charge in [0.2, 0.25) is 0 Å². The van der Waals surface area contributed by atoms with Gasteiger partial charge in [0.05, 0.1) is 22.8 Å². The summed E-state index contributed by atoms with van der Waals surface area (Å²) >= 11 is 5.93. The van der Waals surface area contributed by atoms with Crippen molar-refractivity contribution >= 4 is 23.3 Å². The minimum atomic E-state index is -0.292. The lowest BCUT2D eigenvalue weighted by molar-refractivity contribution is -0.0672. The zero-order valence-electron chi connectivity index (χ0n) is 13.3. The topological polar surface area (TPSA) is 77.4 Å². The molecule has 0 radical (unpaired) electrons. The number of morpholine rings is 1. The maximum Gasteiger partial charge on any atom is 0.319 e. The van der Waals surface area contributed by atoms with E-state index in [4.69, 9.17) is 21.6 Å². The molecule has 124 valence electrons. The maximum absolute atomic E-state index is 11.9. The van der Waals surface area contributed by atoms with Crippen molar-refractivity contribution in [1.29, 1.82) is 5.26 Å². The van der Waals surface area contributed by atoms with E-state index in [2.05, 4.69) is 29.4 Å². The summed E-state index contributed by atoms with van der Waals surface area (Å²) in [6, 6.07) is 6.47. The number of hydrogen-bond donors (Lipinski definition) is 2. The Balaban J connectivity index is 1.75. The summed E-state index contributed by atoms with van der Waals surface area (Å²) in [6.45, 7) is 7.18. The molecule has 0 aliphatic carbocycles. The molecule has 2 N–H and O–H groups in total. The number of nitrogens with zero attached hydrogens (tertiary/aromatic N) is 2. The first-order valence-electron chi connectivity index (χ1n) is 7.60. The molecule has 1 aromatic carbocycles. The highest BCUT2D eigenvalue weighted by Gasteiger charge is 2.21. The Kier molecular flexibility index (Phi) is 6.22. The van der Waals surface area contributed by atoms with Gasteiger partial charge in [-0.1, -0.05) is 11.6 Å². The number of rotatable bonds is 4. The van der Waals surface area contributed by atoms with Crippen molar-refractivity contribution < 1.29 is 9.53 Å². The van der Waals surface area contributed by atoms with Gasteiger partial charge in [0.25, 0.3) is 0 Å². The van der Waals surface area contributed by atoms with Gasteiger partial charge in [-0.25, -0.2) is 4.79 Å². The number of benzene rings is 1. The lowest BCUT2D eigenvalue weighted by Gasteiger charge is -2.35. The second-order valence-corrected chi connectivity index (χ2v) is 6.11. The van der Waals surface area contributed by atoms with E-state index in [0.29, 0.717) is 22.8 Å². The average molecular weight is 337 g/mol. The lowest BCUT2D eigenvalue weighted by atomic mass is 10.2. The molecule has 23 heavy (non-hydrogen) atoms. The summed E-state index contributed by atoms with van der Waals surface area (Å²) in [6.07, 6.45) is 0.432. The number of ether oxygens (including phenoxy) is 1. The maximum atomic E-state index is 11.9. The van der Waals surface area contributed by atoms with Gasteiger partial charge in [-0.2, -0.15) is 5.26 Å². The molecule has 7 heteroatoms. The van der Waals surface area contributed by atoms with E-state index in [1.807, 2.05) is 6.07 Å². The number of nitrogens with one attached hydrogen (secondary N) is 2. The molecular weight excluding hydrogens is 316 g/mol. The van der Waals surface area contributed by atoms with E-state index in [9.17, 15) is 4.79 Å². The summed E-state index contributed by atoms with van der Waals surface area (Å²) in [4.78, 5) is 14.2. The fourth-order valence-electron chi connectivity index (χ4n) is 2.65. The standard InChI is InChI=1S/C16H21ClN4O2/c1-11-9-21(10-12(2)23-11)6-5-19-16(22)20-14-4-3-13(8-18)15(17)7-14/h3-4,7,11-12H,5-6,9-10H2,1-2H3,(H2,19,20,22). The Bertz CT molecular complexity index is 592. The van der Waals surface area contributed by atoms with Crippen molar-refractivity contribution in [2.75, 3.05) is 31.5 Å². The van der Waals surface area contributed by atoms with Crippen LogP contribution in [0.1, 0.15) is 19.4 Å². The molecule has 1 saturated heterocycles. The number of carbonyl (C=O) groups excluding carboxylic acids is 1. The lowest BCUT2D eigenvalue weighted by Crippen LogP contribution is -2.48. The molecule has 2 amide bonds. The van der Waals surface area contributed by atoms with Gasteiger partial charge in [-0.15, -0.1) is 0 Å². The molecule has 1 heterocycles. The van der Waals surface area contributed by atoms with Crippen LogP contribution in [0.2, 0.25) is 5.02 Å². The first-order valence-corrected chi connectivity index (χ1v) is 7.98. The zero-order chi connectivity index (χ0) is 16.8. The predicted octanol–water partition coefficient (Wildman–Crippen LogP) is 2.44. The molecule has 2 atom stereocenters. The third-order valence-electron chi connectivity index (χ3n) is 3.56. The van der Waals surface area contributed by atoms with E-state index < -0.39 is 0 Å². The molecule has 1 aliphatic heterocycles. The van der Waals surface area contributed by atoms with Gasteiger partial charge in [-0.3, -0.25) is 4.90 Å². The van der Waals surface area contributed by atoms with Crippen LogP contribution in [-0.4, -0.2) is 49.3 Å². The van der Waals surface area contributed by atoms with Crippen LogP contribution >= 0.6 is 11.6 Å². The van der Waals surface area contributed by atoms with Gasteiger partial charge in [-0.05, 0) is 32.0 Å². The largest absolute Gasteiger partial charge is 0.373 e. The van der Waals surface area contributed by atoms with E-state index in [0.717, 1.165) is 19.6 Å². The number of carbonyl (C=O) groups is 1. The summed E-state index contributed by atoms with van der Waals surface area (Å²) < 4.78 is 5.68. The number of nitriles is 1. The van der Waals surface area contributed by atoms with Crippen molar-refractivity contribution in [3.05, 3.63) is 28.8 Å². The summed E-state index contributed by atoms with van der Waals surface area (Å²) in [5.74, 6) is 0. The minimum Gasteiger partial charge on any atom is -0.373 e. The number of hydrogen-bond acceptors (Lipinski definition) is 4. The Hall–Kier alpha value is -1.81. The third-order valence-corrected chi connectivity index (χ3v) is 3.87. The van der Waals surface area contributed by atoms with Crippen LogP contribution in [0, 0.1) is 11.3 Å². The van der Waals surface area contributed by atoms with E-state index in [1.165, 1.54) is 0 Å². The van der Waals surface area contributed by atoms with Gasteiger partial charge in [0.15, 0.2) is 0 Å². The highest BCUT2D eigenvalue weighted by molar-refractivity contribution is 6.32. The Labute approximate surface area is 141 Å². The SMILES string of the molecule is CC1CN(CCNC(=O)Nc2ccc(C#N)c(Cl)c2)CC(C)O1.